The Morgan fingerprint density at radius 3 is 2.50 bits per heavy atom. The molecule has 34 heavy (non-hydrogen) atoms. The van der Waals surface area contributed by atoms with Crippen molar-refractivity contribution in [3.05, 3.63) is 114 Å². The molecule has 4 aromatic carbocycles. The number of nitrogens with zero attached hydrogens (tertiary/aromatic N) is 2. The van der Waals surface area contributed by atoms with E-state index in [1.54, 1.807) is 19.1 Å². The molecule has 5 nitrogen and oxygen atoms in total. The average molecular weight is 447 g/mol. The summed E-state index contributed by atoms with van der Waals surface area (Å²) in [6.45, 7) is 2.19. The zero-order chi connectivity index (χ0) is 23.2. The van der Waals surface area contributed by atoms with Crippen molar-refractivity contribution in [2.45, 2.75) is 19.4 Å². The number of phenolic OH excluding ortho intramolecular Hbond substituents is 1. The third-order valence-electron chi connectivity index (χ3n) is 6.44. The van der Waals surface area contributed by atoms with Crippen LogP contribution in [-0.2, 0) is 11.3 Å². The maximum absolute atomic E-state index is 13.9. The highest BCUT2D eigenvalue weighted by molar-refractivity contribution is 6.07. The first-order valence-corrected chi connectivity index (χ1v) is 11.2. The van der Waals surface area contributed by atoms with Gasteiger partial charge in [0.1, 0.15) is 11.3 Å². The fourth-order valence-electron chi connectivity index (χ4n) is 4.90. The quantitative estimate of drug-likeness (QED) is 0.358. The van der Waals surface area contributed by atoms with Crippen LogP contribution in [0.2, 0.25) is 0 Å². The van der Waals surface area contributed by atoms with Crippen LogP contribution in [0.1, 0.15) is 28.5 Å². The van der Waals surface area contributed by atoms with E-state index in [2.05, 4.69) is 29.2 Å². The van der Waals surface area contributed by atoms with Crippen LogP contribution < -0.4 is 4.90 Å². The van der Waals surface area contributed by atoms with Crippen molar-refractivity contribution in [3.8, 4) is 16.9 Å². The Labute approximate surface area is 196 Å². The normalized spacial score (nSPS) is 15.1. The molecule has 1 amide bonds. The number of carbonyl (C=O) groups is 1. The van der Waals surface area contributed by atoms with Crippen LogP contribution in [0.5, 0.6) is 5.75 Å². The van der Waals surface area contributed by atoms with Crippen molar-refractivity contribution < 1.29 is 14.3 Å². The molecule has 6 rings (SSSR count). The highest BCUT2D eigenvalue weighted by atomic mass is 16.3. The molecule has 0 saturated heterocycles. The lowest BCUT2D eigenvalue weighted by atomic mass is 9.91. The molecule has 1 N–H and O–H groups in total. The predicted molar refractivity (Wildman–Crippen MR) is 132 cm³/mol. The zero-order valence-corrected chi connectivity index (χ0v) is 18.6. The number of amides is 1. The van der Waals surface area contributed by atoms with Crippen molar-refractivity contribution >= 4 is 22.7 Å². The van der Waals surface area contributed by atoms with Gasteiger partial charge in [0.25, 0.3) is 0 Å². The number of anilines is 1. The van der Waals surface area contributed by atoms with Crippen molar-refractivity contribution in [2.75, 3.05) is 4.90 Å². The van der Waals surface area contributed by atoms with Crippen LogP contribution in [0.4, 0.5) is 5.69 Å². The van der Waals surface area contributed by atoms with Crippen LogP contribution in [0.25, 0.3) is 22.2 Å². The average Bonchev–Trinajstić information content (AvgIpc) is 3.35. The molecular weight excluding hydrogens is 424 g/mol. The van der Waals surface area contributed by atoms with Gasteiger partial charge in [0.15, 0.2) is 11.5 Å². The first-order valence-electron chi connectivity index (χ1n) is 11.2. The minimum atomic E-state index is -0.616. The van der Waals surface area contributed by atoms with Gasteiger partial charge in [-0.1, -0.05) is 72.8 Å². The second-order valence-corrected chi connectivity index (χ2v) is 8.55. The smallest absolute Gasteiger partial charge is 0.239 e. The Morgan fingerprint density at radius 2 is 1.65 bits per heavy atom. The van der Waals surface area contributed by atoms with Crippen LogP contribution in [-0.4, -0.2) is 16.0 Å². The van der Waals surface area contributed by atoms with Crippen molar-refractivity contribution in [1.29, 1.82) is 0 Å². The highest BCUT2D eigenvalue weighted by Crippen LogP contribution is 2.45. The second-order valence-electron chi connectivity index (χ2n) is 8.55. The number of aromatic nitrogens is 1. The van der Waals surface area contributed by atoms with Crippen LogP contribution in [0.3, 0.4) is 0 Å². The standard InChI is InChI=1S/C29H22N2O3/c1-18-30-24-16-26(32)23(15-27(24)34-18)28-22-13-7-8-14-25(22)31(29(28)33)17-20-11-5-6-12-21(20)19-9-3-2-4-10-19/h2-16,28,32H,17H2,1H3. The molecule has 166 valence electrons. The van der Waals surface area contributed by atoms with Gasteiger partial charge in [-0.15, -0.1) is 0 Å². The van der Waals surface area contributed by atoms with E-state index in [0.717, 1.165) is 27.9 Å². The Balaban J connectivity index is 1.44. The number of hydrogen-bond acceptors (Lipinski definition) is 4. The maximum Gasteiger partial charge on any atom is 0.239 e. The lowest BCUT2D eigenvalue weighted by Crippen LogP contribution is -2.28. The molecule has 0 saturated carbocycles. The molecule has 1 aliphatic rings. The summed E-state index contributed by atoms with van der Waals surface area (Å²) in [5, 5.41) is 10.8. The van der Waals surface area contributed by atoms with Crippen molar-refractivity contribution in [3.63, 3.8) is 0 Å². The highest BCUT2D eigenvalue weighted by Gasteiger charge is 2.39. The number of aromatic hydroxyl groups is 1. The summed E-state index contributed by atoms with van der Waals surface area (Å²) in [6.07, 6.45) is 0. The van der Waals surface area contributed by atoms with Gasteiger partial charge in [0.2, 0.25) is 5.91 Å². The van der Waals surface area contributed by atoms with E-state index in [0.29, 0.717) is 29.1 Å². The third-order valence-corrected chi connectivity index (χ3v) is 6.44. The summed E-state index contributed by atoms with van der Waals surface area (Å²) >= 11 is 0. The number of rotatable bonds is 4. The number of oxazole rings is 1. The van der Waals surface area contributed by atoms with Crippen LogP contribution >= 0.6 is 0 Å². The largest absolute Gasteiger partial charge is 0.508 e. The van der Waals surface area contributed by atoms with Gasteiger partial charge < -0.3 is 14.4 Å². The van der Waals surface area contributed by atoms with E-state index < -0.39 is 5.92 Å². The predicted octanol–water partition coefficient (Wildman–Crippen LogP) is 6.19. The molecule has 0 spiro atoms. The molecule has 0 fully saturated rings. The molecule has 5 heteroatoms. The molecule has 2 heterocycles. The summed E-state index contributed by atoms with van der Waals surface area (Å²) in [5.41, 5.74) is 6.65. The van der Waals surface area contributed by atoms with Gasteiger partial charge in [-0.25, -0.2) is 4.98 Å². The van der Waals surface area contributed by atoms with E-state index in [1.807, 2.05) is 59.5 Å². The summed E-state index contributed by atoms with van der Waals surface area (Å²) < 4.78 is 5.69. The van der Waals surface area contributed by atoms with Crippen molar-refractivity contribution in [1.82, 2.24) is 4.98 Å². The number of hydrogen-bond donors (Lipinski definition) is 1. The summed E-state index contributed by atoms with van der Waals surface area (Å²) in [7, 11) is 0. The Hall–Kier alpha value is -4.38. The van der Waals surface area contributed by atoms with Gasteiger partial charge in [-0.05, 0) is 34.4 Å². The zero-order valence-electron chi connectivity index (χ0n) is 18.6. The monoisotopic (exact) mass is 446 g/mol. The number of benzene rings is 4. The van der Waals surface area contributed by atoms with E-state index in [1.165, 1.54) is 0 Å². The summed E-state index contributed by atoms with van der Waals surface area (Å²) in [5.74, 6) is -0.130. The number of fused-ring (bicyclic) bond motifs is 2. The molecule has 1 atom stereocenters. The van der Waals surface area contributed by atoms with Crippen LogP contribution in [0.15, 0.2) is 95.4 Å². The third kappa shape index (κ3) is 3.25. The summed E-state index contributed by atoms with van der Waals surface area (Å²) in [4.78, 5) is 20.0. The SMILES string of the molecule is Cc1nc2cc(O)c(C3C(=O)N(Cc4ccccc4-c4ccccc4)c4ccccc43)cc2o1. The number of aryl methyl sites for hydroxylation is 1. The van der Waals surface area contributed by atoms with E-state index in [4.69, 9.17) is 4.42 Å². The van der Waals surface area contributed by atoms with Gasteiger partial charge in [-0.3, -0.25) is 4.79 Å². The first-order chi connectivity index (χ1) is 16.6. The number of phenols is 1. The summed E-state index contributed by atoms with van der Waals surface area (Å²) in [6, 6.07) is 29.4. The van der Waals surface area contributed by atoms with Gasteiger partial charge in [0.05, 0.1) is 12.5 Å². The molecule has 5 aromatic rings. The lowest BCUT2D eigenvalue weighted by molar-refractivity contribution is -0.118. The van der Waals surface area contributed by atoms with E-state index >= 15 is 0 Å². The van der Waals surface area contributed by atoms with Gasteiger partial charge >= 0.3 is 0 Å². The van der Waals surface area contributed by atoms with Gasteiger partial charge in [0, 0.05) is 24.2 Å². The van der Waals surface area contributed by atoms with E-state index in [9.17, 15) is 9.90 Å². The molecular formula is C29H22N2O3. The van der Waals surface area contributed by atoms with E-state index in [-0.39, 0.29) is 11.7 Å². The number of carbonyl (C=O) groups excluding carboxylic acids is 1. The number of para-hydroxylation sites is 1. The second kappa shape index (κ2) is 7.89. The maximum atomic E-state index is 13.9. The van der Waals surface area contributed by atoms with Gasteiger partial charge in [-0.2, -0.15) is 0 Å². The molecule has 1 aliphatic heterocycles. The minimum absolute atomic E-state index is 0.0421. The van der Waals surface area contributed by atoms with Crippen molar-refractivity contribution in [2.24, 2.45) is 0 Å². The fourth-order valence-corrected chi connectivity index (χ4v) is 4.90. The Morgan fingerprint density at radius 1 is 0.912 bits per heavy atom. The first kappa shape index (κ1) is 20.2. The lowest BCUT2D eigenvalue weighted by Gasteiger charge is -2.20. The van der Waals surface area contributed by atoms with Crippen LogP contribution in [0, 0.1) is 6.92 Å². The molecule has 1 unspecified atom stereocenters. The Bertz CT molecular complexity index is 1540. The Kier molecular flexibility index (Phi) is 4.69. The molecule has 0 bridgehead atoms. The minimum Gasteiger partial charge on any atom is -0.508 e. The molecule has 0 radical (unpaired) electrons. The fraction of sp³-hybridized carbons (Fsp3) is 0.103. The molecule has 1 aromatic heterocycles. The molecule has 0 aliphatic carbocycles. The topological polar surface area (TPSA) is 66.6 Å².